The van der Waals surface area contributed by atoms with Crippen molar-refractivity contribution in [3.05, 3.63) is 12.5 Å². The van der Waals surface area contributed by atoms with Crippen LogP contribution in [0.2, 0.25) is 0 Å². The van der Waals surface area contributed by atoms with Gasteiger partial charge in [-0.2, -0.15) is 0 Å². The Bertz CT molecular complexity index is 198. The van der Waals surface area contributed by atoms with E-state index in [-0.39, 0.29) is 6.04 Å². The van der Waals surface area contributed by atoms with Crippen LogP contribution in [-0.2, 0) is 0 Å². The number of hydrogen-bond donors (Lipinski definition) is 1. The third kappa shape index (κ3) is 2.55. The molecule has 2 N–H and O–H groups in total. The lowest BCUT2D eigenvalue weighted by molar-refractivity contribution is 0.452. The molecular weight excluding hydrogens is 160 g/mol. The van der Waals surface area contributed by atoms with E-state index in [1.807, 2.05) is 6.92 Å². The molecule has 1 aromatic heterocycles. The van der Waals surface area contributed by atoms with Gasteiger partial charge in [-0.25, -0.2) is 4.98 Å². The van der Waals surface area contributed by atoms with Gasteiger partial charge in [0.05, 0.1) is 6.20 Å². The molecular formula is C7H12N2OS. The lowest BCUT2D eigenvalue weighted by Crippen LogP contribution is -2.26. The molecule has 0 saturated carbocycles. The second kappa shape index (κ2) is 3.78. The van der Waals surface area contributed by atoms with Crippen molar-refractivity contribution >= 4 is 11.8 Å². The SMILES string of the molecule is CC(N)C(C)Sc1ncco1. The molecule has 0 aromatic carbocycles. The minimum absolute atomic E-state index is 0.159. The van der Waals surface area contributed by atoms with E-state index in [0.717, 1.165) is 0 Å². The summed E-state index contributed by atoms with van der Waals surface area (Å²) in [6, 6.07) is 0.159. The second-order valence-corrected chi connectivity index (χ2v) is 3.81. The summed E-state index contributed by atoms with van der Waals surface area (Å²) in [6.07, 6.45) is 3.20. The lowest BCUT2D eigenvalue weighted by atomic mass is 10.3. The first-order valence-electron chi connectivity index (χ1n) is 3.52. The summed E-state index contributed by atoms with van der Waals surface area (Å²) in [5.74, 6) is 0. The number of nitrogens with zero attached hydrogens (tertiary/aromatic N) is 1. The Morgan fingerprint density at radius 1 is 1.64 bits per heavy atom. The standard InChI is InChI=1S/C7H12N2OS/c1-5(8)6(2)11-7-9-3-4-10-7/h3-6H,8H2,1-2H3. The van der Waals surface area contributed by atoms with Crippen molar-refractivity contribution in [3.8, 4) is 0 Å². The van der Waals surface area contributed by atoms with Gasteiger partial charge in [-0.1, -0.05) is 18.7 Å². The number of nitrogens with two attached hydrogens (primary N) is 1. The van der Waals surface area contributed by atoms with E-state index < -0.39 is 0 Å². The van der Waals surface area contributed by atoms with Gasteiger partial charge >= 0.3 is 0 Å². The van der Waals surface area contributed by atoms with E-state index in [4.69, 9.17) is 10.2 Å². The summed E-state index contributed by atoms with van der Waals surface area (Å²) >= 11 is 1.56. The average molecular weight is 172 g/mol. The van der Waals surface area contributed by atoms with Crippen LogP contribution in [0.5, 0.6) is 0 Å². The first-order valence-corrected chi connectivity index (χ1v) is 4.40. The zero-order chi connectivity index (χ0) is 8.27. The average Bonchev–Trinajstić information content (AvgIpc) is 2.39. The highest BCUT2D eigenvalue weighted by molar-refractivity contribution is 7.99. The Hall–Kier alpha value is -0.480. The van der Waals surface area contributed by atoms with E-state index >= 15 is 0 Å². The molecule has 2 unspecified atom stereocenters. The molecule has 0 saturated heterocycles. The molecule has 3 nitrogen and oxygen atoms in total. The topological polar surface area (TPSA) is 52.0 Å². The molecule has 2 atom stereocenters. The second-order valence-electron chi connectivity index (χ2n) is 2.48. The minimum Gasteiger partial charge on any atom is -0.440 e. The Balaban J connectivity index is 2.43. The van der Waals surface area contributed by atoms with E-state index in [1.54, 1.807) is 24.2 Å². The van der Waals surface area contributed by atoms with Crippen molar-refractivity contribution in [1.29, 1.82) is 0 Å². The Morgan fingerprint density at radius 2 is 2.36 bits per heavy atom. The van der Waals surface area contributed by atoms with E-state index in [9.17, 15) is 0 Å². The smallest absolute Gasteiger partial charge is 0.255 e. The highest BCUT2D eigenvalue weighted by atomic mass is 32.2. The monoisotopic (exact) mass is 172 g/mol. The fourth-order valence-corrected chi connectivity index (χ4v) is 1.30. The normalized spacial score (nSPS) is 16.3. The molecule has 0 spiro atoms. The fourth-order valence-electron chi connectivity index (χ4n) is 0.535. The molecule has 0 aliphatic carbocycles. The van der Waals surface area contributed by atoms with Crippen molar-refractivity contribution in [1.82, 2.24) is 4.98 Å². The summed E-state index contributed by atoms with van der Waals surface area (Å²) in [6.45, 7) is 4.03. The van der Waals surface area contributed by atoms with Crippen LogP contribution in [0.3, 0.4) is 0 Å². The molecule has 0 bridgehead atoms. The van der Waals surface area contributed by atoms with Crippen molar-refractivity contribution in [2.24, 2.45) is 5.73 Å². The Morgan fingerprint density at radius 3 is 2.82 bits per heavy atom. The van der Waals surface area contributed by atoms with Crippen LogP contribution < -0.4 is 5.73 Å². The fraction of sp³-hybridized carbons (Fsp3) is 0.571. The number of aromatic nitrogens is 1. The molecule has 0 aliphatic rings. The molecule has 0 fully saturated rings. The van der Waals surface area contributed by atoms with E-state index in [1.165, 1.54) is 0 Å². The molecule has 1 rings (SSSR count). The van der Waals surface area contributed by atoms with Gasteiger partial charge in [-0.05, 0) is 6.92 Å². The van der Waals surface area contributed by atoms with Gasteiger partial charge in [0.1, 0.15) is 6.26 Å². The summed E-state index contributed by atoms with van der Waals surface area (Å²) < 4.78 is 5.05. The van der Waals surface area contributed by atoms with E-state index in [2.05, 4.69) is 11.9 Å². The molecule has 4 heteroatoms. The molecule has 0 aliphatic heterocycles. The zero-order valence-electron chi connectivity index (χ0n) is 6.65. The Kier molecular flexibility index (Phi) is 2.96. The Labute approximate surface area is 70.4 Å². The highest BCUT2D eigenvalue weighted by Crippen LogP contribution is 2.22. The van der Waals surface area contributed by atoms with Crippen LogP contribution in [0.15, 0.2) is 22.1 Å². The molecule has 0 radical (unpaired) electrons. The van der Waals surface area contributed by atoms with Gasteiger partial charge in [-0.15, -0.1) is 0 Å². The van der Waals surface area contributed by atoms with Crippen LogP contribution in [-0.4, -0.2) is 16.3 Å². The third-order valence-corrected chi connectivity index (χ3v) is 2.64. The first-order chi connectivity index (χ1) is 5.20. The van der Waals surface area contributed by atoms with Crippen LogP contribution in [0, 0.1) is 0 Å². The van der Waals surface area contributed by atoms with Crippen LogP contribution in [0.4, 0.5) is 0 Å². The molecule has 1 heterocycles. The lowest BCUT2D eigenvalue weighted by Gasteiger charge is -2.11. The molecule has 1 aromatic rings. The van der Waals surface area contributed by atoms with Crippen LogP contribution >= 0.6 is 11.8 Å². The van der Waals surface area contributed by atoms with Gasteiger partial charge in [0, 0.05) is 11.3 Å². The maximum absolute atomic E-state index is 5.66. The predicted molar refractivity (Wildman–Crippen MR) is 45.5 cm³/mol. The zero-order valence-corrected chi connectivity index (χ0v) is 7.47. The van der Waals surface area contributed by atoms with Crippen molar-refractivity contribution in [2.75, 3.05) is 0 Å². The van der Waals surface area contributed by atoms with Gasteiger partial charge in [-0.3, -0.25) is 0 Å². The largest absolute Gasteiger partial charge is 0.440 e. The van der Waals surface area contributed by atoms with Crippen molar-refractivity contribution in [3.63, 3.8) is 0 Å². The van der Waals surface area contributed by atoms with Gasteiger partial charge in [0.25, 0.3) is 5.22 Å². The maximum Gasteiger partial charge on any atom is 0.255 e. The number of hydrogen-bond acceptors (Lipinski definition) is 4. The first kappa shape index (κ1) is 8.62. The predicted octanol–water partition coefficient (Wildman–Crippen LogP) is 1.50. The molecule has 11 heavy (non-hydrogen) atoms. The number of thioether (sulfide) groups is 1. The third-order valence-electron chi connectivity index (χ3n) is 1.44. The van der Waals surface area contributed by atoms with Gasteiger partial charge in [0.15, 0.2) is 0 Å². The van der Waals surface area contributed by atoms with Crippen LogP contribution in [0.1, 0.15) is 13.8 Å². The summed E-state index contributed by atoms with van der Waals surface area (Å²) in [5.41, 5.74) is 5.66. The maximum atomic E-state index is 5.66. The van der Waals surface area contributed by atoms with Gasteiger partial charge < -0.3 is 10.2 Å². The quantitative estimate of drug-likeness (QED) is 0.702. The molecule has 0 amide bonds. The summed E-state index contributed by atoms with van der Waals surface area (Å²) in [4.78, 5) is 3.98. The number of rotatable bonds is 3. The van der Waals surface area contributed by atoms with Crippen molar-refractivity contribution < 1.29 is 4.42 Å². The van der Waals surface area contributed by atoms with Crippen molar-refractivity contribution in [2.45, 2.75) is 30.4 Å². The molecule has 62 valence electrons. The van der Waals surface area contributed by atoms with Gasteiger partial charge in [0.2, 0.25) is 0 Å². The van der Waals surface area contributed by atoms with E-state index in [0.29, 0.717) is 10.5 Å². The van der Waals surface area contributed by atoms with Crippen LogP contribution in [0.25, 0.3) is 0 Å². The summed E-state index contributed by atoms with van der Waals surface area (Å²) in [7, 11) is 0. The highest BCUT2D eigenvalue weighted by Gasteiger charge is 2.11. The summed E-state index contributed by atoms with van der Waals surface area (Å²) in [5, 5.41) is 1.03. The minimum atomic E-state index is 0.159. The number of oxazole rings is 1.